The van der Waals surface area contributed by atoms with Crippen LogP contribution < -0.4 is 4.74 Å². The fraction of sp³-hybridized carbons (Fsp3) is 0.269. The molecule has 1 saturated carbocycles. The number of halogens is 1. The van der Waals surface area contributed by atoms with E-state index in [0.717, 1.165) is 11.3 Å². The quantitative estimate of drug-likeness (QED) is 0.293. The molecule has 0 bridgehead atoms. The number of aromatic nitrogens is 7. The van der Waals surface area contributed by atoms with Crippen LogP contribution in [0.3, 0.4) is 0 Å². The number of pyridine rings is 1. The van der Waals surface area contributed by atoms with Gasteiger partial charge in [0.2, 0.25) is 0 Å². The van der Waals surface area contributed by atoms with Crippen LogP contribution in [0.5, 0.6) is 5.75 Å². The van der Waals surface area contributed by atoms with Crippen molar-refractivity contribution in [3.05, 3.63) is 89.6 Å². The summed E-state index contributed by atoms with van der Waals surface area (Å²) in [7, 11) is 1.41. The molecule has 0 atom stereocenters. The van der Waals surface area contributed by atoms with Gasteiger partial charge in [0.05, 0.1) is 31.2 Å². The zero-order chi connectivity index (χ0) is 24.6. The summed E-state index contributed by atoms with van der Waals surface area (Å²) in [4.78, 5) is 17.5. The molecule has 1 aromatic carbocycles. The first-order chi connectivity index (χ1) is 17.6. The van der Waals surface area contributed by atoms with Gasteiger partial charge in [-0.25, -0.2) is 18.7 Å². The molecule has 1 aliphatic carbocycles. The molecule has 1 aliphatic rings. The van der Waals surface area contributed by atoms with Gasteiger partial charge in [-0.1, -0.05) is 11.3 Å². The third-order valence-electron chi connectivity index (χ3n) is 6.48. The lowest BCUT2D eigenvalue weighted by Gasteiger charge is -2.13. The largest absolute Gasteiger partial charge is 0.494 e. The van der Waals surface area contributed by atoms with Crippen LogP contribution in [0, 0.1) is 5.82 Å². The molecular formula is C26H24FN7O2. The highest BCUT2D eigenvalue weighted by Gasteiger charge is 2.24. The Bertz CT molecular complexity index is 1550. The number of ketones is 1. The smallest absolute Gasteiger partial charge is 0.185 e. The van der Waals surface area contributed by atoms with Gasteiger partial charge in [-0.05, 0) is 55.0 Å². The van der Waals surface area contributed by atoms with E-state index in [0.29, 0.717) is 23.7 Å². The number of fused-ring (bicyclic) bond motifs is 1. The number of nitrogens with zero attached hydrogens (tertiary/aromatic N) is 7. The lowest BCUT2D eigenvalue weighted by molar-refractivity contribution is 0.0977. The fourth-order valence-corrected chi connectivity index (χ4v) is 4.44. The number of methoxy groups -OCH3 is 1. The van der Waals surface area contributed by atoms with Gasteiger partial charge in [-0.15, -0.1) is 5.10 Å². The van der Waals surface area contributed by atoms with Gasteiger partial charge in [0.15, 0.2) is 17.3 Å². The van der Waals surface area contributed by atoms with Crippen LogP contribution in [-0.4, -0.2) is 47.1 Å². The van der Waals surface area contributed by atoms with Gasteiger partial charge in [0.1, 0.15) is 11.3 Å². The maximum absolute atomic E-state index is 15.1. The second-order valence-electron chi connectivity index (χ2n) is 8.99. The summed E-state index contributed by atoms with van der Waals surface area (Å²) in [6.07, 6.45) is 11.8. The van der Waals surface area contributed by atoms with Crippen molar-refractivity contribution in [3.8, 4) is 11.4 Å². The standard InChI is InChI=1S/C26H24FN7O2/c1-36-24-9-7-22(34-12-2-11-28-34)20(26(24)27)6-8-23(35)21-16-33(31-30-21)15-19-14-32-13-18(17-3-4-17)5-10-25(32)29-19/h2,5,7,9-14,16-17H,3-4,6,8,15H2,1H3. The van der Waals surface area contributed by atoms with Gasteiger partial charge in [0.25, 0.3) is 0 Å². The lowest BCUT2D eigenvalue weighted by atomic mass is 10.0. The number of carbonyl (C=O) groups is 1. The summed E-state index contributed by atoms with van der Waals surface area (Å²) in [6.45, 7) is 0.398. The molecule has 1 fully saturated rings. The lowest BCUT2D eigenvalue weighted by Crippen LogP contribution is -2.08. The Morgan fingerprint density at radius 1 is 1.17 bits per heavy atom. The Balaban J connectivity index is 1.16. The molecule has 10 heteroatoms. The molecule has 5 aromatic rings. The highest BCUT2D eigenvalue weighted by molar-refractivity contribution is 5.94. The monoisotopic (exact) mass is 485 g/mol. The highest BCUT2D eigenvalue weighted by atomic mass is 19.1. The van der Waals surface area contributed by atoms with Crippen molar-refractivity contribution in [2.24, 2.45) is 0 Å². The van der Waals surface area contributed by atoms with Gasteiger partial charge in [-0.2, -0.15) is 5.10 Å². The minimum absolute atomic E-state index is 0.0648. The second-order valence-corrected chi connectivity index (χ2v) is 8.99. The third-order valence-corrected chi connectivity index (χ3v) is 6.48. The number of benzene rings is 1. The molecule has 36 heavy (non-hydrogen) atoms. The van der Waals surface area contributed by atoms with E-state index < -0.39 is 5.82 Å². The first-order valence-corrected chi connectivity index (χ1v) is 11.9. The van der Waals surface area contributed by atoms with E-state index in [1.54, 1.807) is 46.2 Å². The van der Waals surface area contributed by atoms with Crippen molar-refractivity contribution in [2.45, 2.75) is 38.1 Å². The predicted molar refractivity (Wildman–Crippen MR) is 129 cm³/mol. The minimum Gasteiger partial charge on any atom is -0.494 e. The minimum atomic E-state index is -0.501. The first kappa shape index (κ1) is 22.1. The number of carbonyl (C=O) groups excluding carboxylic acids is 1. The summed E-state index contributed by atoms with van der Waals surface area (Å²) < 4.78 is 25.4. The van der Waals surface area contributed by atoms with Crippen molar-refractivity contribution >= 4 is 11.4 Å². The van der Waals surface area contributed by atoms with Crippen molar-refractivity contribution in [3.63, 3.8) is 0 Å². The van der Waals surface area contributed by atoms with Gasteiger partial charge < -0.3 is 9.14 Å². The van der Waals surface area contributed by atoms with Gasteiger partial charge in [0, 0.05) is 36.8 Å². The van der Waals surface area contributed by atoms with E-state index in [1.807, 2.05) is 16.7 Å². The van der Waals surface area contributed by atoms with Crippen molar-refractivity contribution in [1.82, 2.24) is 34.2 Å². The van der Waals surface area contributed by atoms with Crippen molar-refractivity contribution in [2.75, 3.05) is 7.11 Å². The van der Waals surface area contributed by atoms with E-state index >= 15 is 4.39 Å². The highest BCUT2D eigenvalue weighted by Crippen LogP contribution is 2.39. The Labute approximate surface area is 206 Å². The topological polar surface area (TPSA) is 92.1 Å². The van der Waals surface area contributed by atoms with E-state index in [1.165, 1.54) is 25.5 Å². The molecule has 182 valence electrons. The third kappa shape index (κ3) is 4.26. The Morgan fingerprint density at radius 3 is 2.83 bits per heavy atom. The van der Waals surface area contributed by atoms with Crippen molar-refractivity contribution < 1.29 is 13.9 Å². The number of ether oxygens (including phenoxy) is 1. The SMILES string of the molecule is COc1ccc(-n2cccn2)c(CCC(=O)c2cn(Cc3cn4cc(C5CC5)ccc4n3)nn2)c1F. The van der Waals surface area contributed by atoms with E-state index in [2.05, 4.69) is 32.7 Å². The normalized spacial score (nSPS) is 13.4. The van der Waals surface area contributed by atoms with E-state index in [9.17, 15) is 4.79 Å². The summed E-state index contributed by atoms with van der Waals surface area (Å²) in [5, 5.41) is 12.3. The molecule has 0 unspecified atom stereocenters. The zero-order valence-corrected chi connectivity index (χ0v) is 19.7. The van der Waals surface area contributed by atoms with Crippen LogP contribution in [0.15, 0.2) is 61.3 Å². The number of rotatable bonds is 9. The van der Waals surface area contributed by atoms with Crippen LogP contribution in [0.2, 0.25) is 0 Å². The van der Waals surface area contributed by atoms with Crippen LogP contribution in [0.1, 0.15) is 52.5 Å². The molecule has 0 amide bonds. The van der Waals surface area contributed by atoms with Crippen LogP contribution >= 0.6 is 0 Å². The van der Waals surface area contributed by atoms with E-state index in [-0.39, 0.29) is 30.1 Å². The van der Waals surface area contributed by atoms with Gasteiger partial charge in [-0.3, -0.25) is 4.79 Å². The molecule has 0 N–H and O–H groups in total. The molecular weight excluding hydrogens is 461 g/mol. The molecule has 0 radical (unpaired) electrons. The first-order valence-electron chi connectivity index (χ1n) is 11.9. The number of hydrogen-bond acceptors (Lipinski definition) is 6. The number of Topliss-reactive ketones (excluding diaryl/α,β-unsaturated/α-hetero) is 1. The van der Waals surface area contributed by atoms with E-state index in [4.69, 9.17) is 4.74 Å². The zero-order valence-electron chi connectivity index (χ0n) is 19.7. The summed E-state index contributed by atoms with van der Waals surface area (Å²) in [5.41, 5.74) is 4.19. The Morgan fingerprint density at radius 2 is 2.06 bits per heavy atom. The molecule has 0 spiro atoms. The second kappa shape index (κ2) is 9.03. The van der Waals surface area contributed by atoms with Crippen molar-refractivity contribution in [1.29, 1.82) is 0 Å². The molecule has 0 saturated heterocycles. The number of hydrogen-bond donors (Lipinski definition) is 0. The average Bonchev–Trinajstić information content (AvgIpc) is 3.24. The fourth-order valence-electron chi connectivity index (χ4n) is 4.44. The maximum atomic E-state index is 15.1. The summed E-state index contributed by atoms with van der Waals surface area (Å²) >= 11 is 0. The molecule has 4 heterocycles. The molecule has 4 aromatic heterocycles. The molecule has 0 aliphatic heterocycles. The Hall–Kier alpha value is -4.34. The maximum Gasteiger partial charge on any atom is 0.185 e. The molecule has 9 nitrogen and oxygen atoms in total. The van der Waals surface area contributed by atoms with Crippen LogP contribution in [-0.2, 0) is 13.0 Å². The summed E-state index contributed by atoms with van der Waals surface area (Å²) in [5.74, 6) is 0.0684. The van der Waals surface area contributed by atoms with Gasteiger partial charge >= 0.3 is 0 Å². The van der Waals surface area contributed by atoms with Crippen LogP contribution in [0.25, 0.3) is 11.3 Å². The Kier molecular flexibility index (Phi) is 5.55. The number of imidazole rings is 1. The summed E-state index contributed by atoms with van der Waals surface area (Å²) in [6, 6.07) is 9.20. The molecule has 6 rings (SSSR count). The predicted octanol–water partition coefficient (Wildman–Crippen LogP) is 4.00. The van der Waals surface area contributed by atoms with Crippen LogP contribution in [0.4, 0.5) is 4.39 Å². The average molecular weight is 486 g/mol.